The number of fused-ring (bicyclic) bond motifs is 1. The fourth-order valence-corrected chi connectivity index (χ4v) is 3.15. The van der Waals surface area contributed by atoms with Crippen LogP contribution in [0.2, 0.25) is 0 Å². The molecule has 1 aromatic carbocycles. The van der Waals surface area contributed by atoms with E-state index in [0.717, 1.165) is 6.42 Å². The molecule has 0 saturated carbocycles. The second kappa shape index (κ2) is 6.09. The Labute approximate surface area is 138 Å². The van der Waals surface area contributed by atoms with E-state index in [1.807, 2.05) is 18.2 Å². The molecule has 0 amide bonds. The summed E-state index contributed by atoms with van der Waals surface area (Å²) < 4.78 is 7.28. The maximum atomic E-state index is 12.3. The maximum absolute atomic E-state index is 12.3. The lowest BCUT2D eigenvalue weighted by molar-refractivity contribution is 0.0932. The minimum absolute atomic E-state index is 0.134. The van der Waals surface area contributed by atoms with Gasteiger partial charge in [0.2, 0.25) is 5.95 Å². The number of nitrogens with one attached hydrogen (secondary N) is 1. The lowest BCUT2D eigenvalue weighted by atomic mass is 10.0. The van der Waals surface area contributed by atoms with Crippen molar-refractivity contribution in [3.05, 3.63) is 52.4 Å². The molecule has 7 nitrogen and oxygen atoms in total. The van der Waals surface area contributed by atoms with Gasteiger partial charge in [-0.15, -0.1) is 0 Å². The van der Waals surface area contributed by atoms with Crippen LogP contribution < -0.4 is 10.5 Å². The Morgan fingerprint density at radius 3 is 3.00 bits per heavy atom. The molecule has 124 valence electrons. The van der Waals surface area contributed by atoms with Crippen molar-refractivity contribution in [3.63, 3.8) is 0 Å². The van der Waals surface area contributed by atoms with E-state index >= 15 is 0 Å². The number of rotatable bonds is 3. The molecule has 1 N–H and O–H groups in total. The van der Waals surface area contributed by atoms with Crippen molar-refractivity contribution in [3.8, 4) is 0 Å². The van der Waals surface area contributed by atoms with Gasteiger partial charge in [0.15, 0.2) is 5.65 Å². The third-order valence-electron chi connectivity index (χ3n) is 4.40. The van der Waals surface area contributed by atoms with Crippen molar-refractivity contribution in [1.29, 1.82) is 0 Å². The quantitative estimate of drug-likeness (QED) is 0.780. The number of hydrogen-bond acceptors (Lipinski definition) is 5. The van der Waals surface area contributed by atoms with Crippen LogP contribution in [-0.2, 0) is 18.2 Å². The van der Waals surface area contributed by atoms with Gasteiger partial charge >= 0.3 is 0 Å². The highest BCUT2D eigenvalue weighted by Gasteiger charge is 2.26. The predicted octanol–water partition coefficient (Wildman–Crippen LogP) is 1.10. The second-order valence-corrected chi connectivity index (χ2v) is 6.01. The molecule has 3 aromatic rings. The van der Waals surface area contributed by atoms with Gasteiger partial charge in [-0.25, -0.2) is 0 Å². The molecule has 0 radical (unpaired) electrons. The first-order chi connectivity index (χ1) is 11.7. The van der Waals surface area contributed by atoms with Crippen LogP contribution in [0.1, 0.15) is 5.56 Å². The molecule has 2 aromatic heterocycles. The topological polar surface area (TPSA) is 76.0 Å². The molecule has 0 aliphatic carbocycles. The van der Waals surface area contributed by atoms with Crippen molar-refractivity contribution < 1.29 is 4.74 Å². The first-order valence-electron chi connectivity index (χ1n) is 8.03. The number of morpholine rings is 1. The Morgan fingerprint density at radius 2 is 2.17 bits per heavy atom. The average Bonchev–Trinajstić information content (AvgIpc) is 2.98. The van der Waals surface area contributed by atoms with Crippen molar-refractivity contribution in [2.75, 3.05) is 24.7 Å². The summed E-state index contributed by atoms with van der Waals surface area (Å²) in [5.41, 5.74) is 1.67. The highest BCUT2D eigenvalue weighted by molar-refractivity contribution is 5.74. The van der Waals surface area contributed by atoms with E-state index in [0.29, 0.717) is 36.7 Å². The zero-order valence-electron chi connectivity index (χ0n) is 13.5. The van der Waals surface area contributed by atoms with Crippen LogP contribution in [-0.4, -0.2) is 45.5 Å². The van der Waals surface area contributed by atoms with Crippen LogP contribution in [0, 0.1) is 0 Å². The van der Waals surface area contributed by atoms with E-state index < -0.39 is 0 Å². The van der Waals surface area contributed by atoms with E-state index in [-0.39, 0.29) is 11.6 Å². The maximum Gasteiger partial charge on any atom is 0.263 e. The van der Waals surface area contributed by atoms with E-state index in [2.05, 4.69) is 32.1 Å². The van der Waals surface area contributed by atoms with E-state index in [4.69, 9.17) is 4.74 Å². The molecule has 0 spiro atoms. The molecule has 3 heterocycles. The lowest BCUT2D eigenvalue weighted by Crippen LogP contribution is -2.48. The first kappa shape index (κ1) is 14.9. The summed E-state index contributed by atoms with van der Waals surface area (Å²) in [5.74, 6) is 0.584. The molecular weight excluding hydrogens is 306 g/mol. The molecule has 0 unspecified atom stereocenters. The summed E-state index contributed by atoms with van der Waals surface area (Å²) in [5, 5.41) is 4.63. The zero-order valence-corrected chi connectivity index (χ0v) is 13.5. The SMILES string of the molecule is Cn1ncc2c(=O)[nH]c(N3CCOC[C@@H]3Cc3ccccc3)nc21. The number of H-pyrrole nitrogens is 1. The molecule has 0 bridgehead atoms. The molecule has 1 fully saturated rings. The summed E-state index contributed by atoms with van der Waals surface area (Å²) in [6.07, 6.45) is 2.39. The summed E-state index contributed by atoms with van der Waals surface area (Å²) in [4.78, 5) is 22.0. The molecule has 24 heavy (non-hydrogen) atoms. The third-order valence-corrected chi connectivity index (χ3v) is 4.40. The van der Waals surface area contributed by atoms with Crippen molar-refractivity contribution >= 4 is 17.0 Å². The Hall–Kier alpha value is -2.67. The Kier molecular flexibility index (Phi) is 3.78. The second-order valence-electron chi connectivity index (χ2n) is 6.01. The Bertz CT molecular complexity index is 902. The van der Waals surface area contributed by atoms with E-state index in [1.165, 1.54) is 5.56 Å². The molecule has 4 rings (SSSR count). The predicted molar refractivity (Wildman–Crippen MR) is 91.2 cm³/mol. The molecule has 1 atom stereocenters. The normalized spacial score (nSPS) is 18.2. The van der Waals surface area contributed by atoms with Gasteiger partial charge in [-0.2, -0.15) is 10.1 Å². The number of nitrogens with zero attached hydrogens (tertiary/aromatic N) is 4. The number of aryl methyl sites for hydroxylation is 1. The van der Waals surface area contributed by atoms with Crippen LogP contribution >= 0.6 is 0 Å². The monoisotopic (exact) mass is 325 g/mol. The zero-order chi connectivity index (χ0) is 16.5. The lowest BCUT2D eigenvalue weighted by Gasteiger charge is -2.36. The minimum atomic E-state index is -0.159. The number of ether oxygens (including phenoxy) is 1. The summed E-state index contributed by atoms with van der Waals surface area (Å²) >= 11 is 0. The number of anilines is 1. The van der Waals surface area contributed by atoms with Gasteiger partial charge in [0.05, 0.1) is 25.5 Å². The van der Waals surface area contributed by atoms with E-state index in [1.54, 1.807) is 17.9 Å². The molecule has 1 aliphatic heterocycles. The first-order valence-corrected chi connectivity index (χ1v) is 8.03. The fourth-order valence-electron chi connectivity index (χ4n) is 3.15. The van der Waals surface area contributed by atoms with Gasteiger partial charge in [-0.05, 0) is 12.0 Å². The highest BCUT2D eigenvalue weighted by Crippen LogP contribution is 2.19. The van der Waals surface area contributed by atoms with Crippen LogP contribution in [0.25, 0.3) is 11.0 Å². The minimum Gasteiger partial charge on any atom is -0.377 e. The van der Waals surface area contributed by atoms with Crippen molar-refractivity contribution in [2.45, 2.75) is 12.5 Å². The van der Waals surface area contributed by atoms with Crippen molar-refractivity contribution in [1.82, 2.24) is 19.7 Å². The Balaban J connectivity index is 1.70. The van der Waals surface area contributed by atoms with E-state index in [9.17, 15) is 4.79 Å². The fraction of sp³-hybridized carbons (Fsp3) is 0.353. The number of hydrogen-bond donors (Lipinski definition) is 1. The number of aromatic amines is 1. The molecule has 1 saturated heterocycles. The van der Waals surface area contributed by atoms with Crippen LogP contribution in [0.4, 0.5) is 5.95 Å². The summed E-state index contributed by atoms with van der Waals surface area (Å²) in [6, 6.07) is 10.4. The number of aromatic nitrogens is 4. The standard InChI is InChI=1S/C17H19N5O2/c1-21-15-14(10-18-21)16(23)20-17(19-15)22-7-8-24-11-13(22)9-12-5-3-2-4-6-12/h2-6,10,13H,7-9,11H2,1H3,(H,19,20,23)/t13-/m0/s1. The van der Waals surface area contributed by atoms with Crippen molar-refractivity contribution in [2.24, 2.45) is 7.05 Å². The summed E-state index contributed by atoms with van der Waals surface area (Å²) in [7, 11) is 1.79. The number of benzene rings is 1. The van der Waals surface area contributed by atoms with Gasteiger partial charge < -0.3 is 9.64 Å². The van der Waals surface area contributed by atoms with Gasteiger partial charge in [-0.3, -0.25) is 14.5 Å². The smallest absolute Gasteiger partial charge is 0.263 e. The van der Waals surface area contributed by atoms with Gasteiger partial charge in [0.1, 0.15) is 5.39 Å². The van der Waals surface area contributed by atoms with Crippen LogP contribution in [0.3, 0.4) is 0 Å². The van der Waals surface area contributed by atoms with Crippen LogP contribution in [0.15, 0.2) is 41.3 Å². The third kappa shape index (κ3) is 2.67. The molecular formula is C17H19N5O2. The summed E-state index contributed by atoms with van der Waals surface area (Å²) in [6.45, 7) is 1.93. The van der Waals surface area contributed by atoms with Gasteiger partial charge in [0, 0.05) is 13.6 Å². The highest BCUT2D eigenvalue weighted by atomic mass is 16.5. The largest absolute Gasteiger partial charge is 0.377 e. The molecule has 1 aliphatic rings. The van der Waals surface area contributed by atoms with Gasteiger partial charge in [-0.1, -0.05) is 30.3 Å². The average molecular weight is 325 g/mol. The van der Waals surface area contributed by atoms with Crippen LogP contribution in [0.5, 0.6) is 0 Å². The van der Waals surface area contributed by atoms with Gasteiger partial charge in [0.25, 0.3) is 5.56 Å². The Morgan fingerprint density at radius 1 is 1.33 bits per heavy atom. The molecule has 7 heteroatoms.